The SMILES string of the molecule is Cc1cccc(C2c3cccn3-c3ccccc3N2C(=O)CN(C(=O)C(C)Cl)C2CC2)c1. The van der Waals surface area contributed by atoms with Gasteiger partial charge in [-0.25, -0.2) is 0 Å². The number of alkyl halides is 1. The highest BCUT2D eigenvalue weighted by Crippen LogP contribution is 2.42. The highest BCUT2D eigenvalue weighted by molar-refractivity contribution is 6.30. The van der Waals surface area contributed by atoms with Gasteiger partial charge in [-0.3, -0.25) is 14.5 Å². The van der Waals surface area contributed by atoms with Crippen LogP contribution < -0.4 is 4.90 Å². The first-order chi connectivity index (χ1) is 15.5. The van der Waals surface area contributed by atoms with Gasteiger partial charge in [0.15, 0.2) is 0 Å². The van der Waals surface area contributed by atoms with Crippen molar-refractivity contribution in [2.24, 2.45) is 0 Å². The molecule has 1 aliphatic carbocycles. The molecule has 0 saturated heterocycles. The van der Waals surface area contributed by atoms with E-state index >= 15 is 0 Å². The summed E-state index contributed by atoms with van der Waals surface area (Å²) in [5.74, 6) is -0.280. The van der Waals surface area contributed by atoms with Gasteiger partial charge < -0.3 is 9.47 Å². The molecule has 0 spiro atoms. The summed E-state index contributed by atoms with van der Waals surface area (Å²) < 4.78 is 2.15. The number of para-hydroxylation sites is 2. The summed E-state index contributed by atoms with van der Waals surface area (Å²) in [6.45, 7) is 3.75. The number of nitrogens with zero attached hydrogens (tertiary/aromatic N) is 3. The van der Waals surface area contributed by atoms with Crippen molar-refractivity contribution in [3.05, 3.63) is 83.7 Å². The molecular weight excluding hydrogens is 422 g/mol. The second kappa shape index (κ2) is 8.14. The standard InChI is InChI=1S/C26H26ClN3O2/c1-17-7-5-8-19(15-17)25-23-11-6-14-28(23)21-9-3-4-10-22(21)30(25)24(31)16-29(20-12-13-20)26(32)18(2)27/h3-11,14-15,18,20,25H,12-13,16H2,1-2H3. The van der Waals surface area contributed by atoms with Gasteiger partial charge in [-0.1, -0.05) is 42.0 Å². The summed E-state index contributed by atoms with van der Waals surface area (Å²) in [6.07, 6.45) is 3.88. The van der Waals surface area contributed by atoms with Crippen LogP contribution in [-0.2, 0) is 9.59 Å². The Morgan fingerprint density at radius 2 is 1.81 bits per heavy atom. The van der Waals surface area contributed by atoms with Crippen molar-refractivity contribution in [2.45, 2.75) is 44.1 Å². The molecule has 2 aliphatic rings. The maximum Gasteiger partial charge on any atom is 0.247 e. The molecular formula is C26H26ClN3O2. The molecule has 1 fully saturated rings. The molecule has 1 aromatic heterocycles. The number of carbonyl (C=O) groups excluding carboxylic acids is 2. The highest BCUT2D eigenvalue weighted by Gasteiger charge is 2.40. The topological polar surface area (TPSA) is 45.6 Å². The lowest BCUT2D eigenvalue weighted by molar-refractivity contribution is -0.135. The van der Waals surface area contributed by atoms with Crippen LogP contribution in [0.25, 0.3) is 5.69 Å². The van der Waals surface area contributed by atoms with Crippen molar-refractivity contribution >= 4 is 29.1 Å². The fraction of sp³-hybridized carbons (Fsp3) is 0.308. The van der Waals surface area contributed by atoms with Crippen LogP contribution in [0.1, 0.15) is 42.6 Å². The largest absolute Gasteiger partial charge is 0.329 e. The first kappa shape index (κ1) is 20.8. The van der Waals surface area contributed by atoms with Gasteiger partial charge in [0.05, 0.1) is 17.1 Å². The molecule has 0 bridgehead atoms. The summed E-state index contributed by atoms with van der Waals surface area (Å²) in [5, 5.41) is -0.651. The molecule has 1 aliphatic heterocycles. The molecule has 5 nitrogen and oxygen atoms in total. The molecule has 2 amide bonds. The van der Waals surface area contributed by atoms with Gasteiger partial charge in [-0.2, -0.15) is 0 Å². The van der Waals surface area contributed by atoms with Crippen LogP contribution in [0.2, 0.25) is 0 Å². The quantitative estimate of drug-likeness (QED) is 0.525. The summed E-state index contributed by atoms with van der Waals surface area (Å²) in [4.78, 5) is 30.2. The number of benzene rings is 2. The number of hydrogen-bond acceptors (Lipinski definition) is 2. The lowest BCUT2D eigenvalue weighted by Crippen LogP contribution is -2.48. The number of fused-ring (bicyclic) bond motifs is 3. The molecule has 2 heterocycles. The lowest BCUT2D eigenvalue weighted by Gasteiger charge is -2.39. The number of hydrogen-bond donors (Lipinski definition) is 0. The van der Waals surface area contributed by atoms with Crippen LogP contribution in [0.3, 0.4) is 0 Å². The van der Waals surface area contributed by atoms with Gasteiger partial charge >= 0.3 is 0 Å². The molecule has 2 unspecified atom stereocenters. The summed E-state index contributed by atoms with van der Waals surface area (Å²) in [6, 6.07) is 20.1. The molecule has 164 valence electrons. The average Bonchev–Trinajstić information content (AvgIpc) is 3.51. The molecule has 0 radical (unpaired) electrons. The molecule has 32 heavy (non-hydrogen) atoms. The number of halogens is 1. The lowest BCUT2D eigenvalue weighted by atomic mass is 9.96. The Morgan fingerprint density at radius 3 is 2.50 bits per heavy atom. The minimum absolute atomic E-state index is 0.0257. The Balaban J connectivity index is 1.60. The van der Waals surface area contributed by atoms with Crippen LogP contribution >= 0.6 is 11.6 Å². The van der Waals surface area contributed by atoms with Gasteiger partial charge in [0.2, 0.25) is 11.8 Å². The van der Waals surface area contributed by atoms with Gasteiger partial charge in [0, 0.05) is 12.2 Å². The Kier molecular flexibility index (Phi) is 5.30. The average molecular weight is 448 g/mol. The fourth-order valence-electron chi connectivity index (χ4n) is 4.64. The second-order valence-corrected chi connectivity index (χ2v) is 9.34. The van der Waals surface area contributed by atoms with E-state index in [2.05, 4.69) is 35.8 Å². The van der Waals surface area contributed by atoms with E-state index in [4.69, 9.17) is 11.6 Å². The summed E-state index contributed by atoms with van der Waals surface area (Å²) in [5.41, 5.74) is 5.01. The van der Waals surface area contributed by atoms with E-state index in [0.717, 1.165) is 41.0 Å². The molecule has 3 aromatic rings. The van der Waals surface area contributed by atoms with Gasteiger partial charge in [0.25, 0.3) is 0 Å². The third-order valence-corrected chi connectivity index (χ3v) is 6.45. The number of rotatable bonds is 5. The zero-order valence-electron chi connectivity index (χ0n) is 18.2. The third-order valence-electron chi connectivity index (χ3n) is 6.26. The van der Waals surface area contributed by atoms with Crippen molar-refractivity contribution in [3.63, 3.8) is 0 Å². The number of aromatic nitrogens is 1. The maximum absolute atomic E-state index is 13.9. The molecule has 5 rings (SSSR count). The second-order valence-electron chi connectivity index (χ2n) is 8.69. The summed E-state index contributed by atoms with van der Waals surface area (Å²) >= 11 is 6.12. The van der Waals surface area contributed by atoms with Crippen molar-refractivity contribution in [1.82, 2.24) is 9.47 Å². The highest BCUT2D eigenvalue weighted by atomic mass is 35.5. The Hall–Kier alpha value is -3.05. The van der Waals surface area contributed by atoms with Gasteiger partial charge in [-0.05, 0) is 56.5 Å². The first-order valence-corrected chi connectivity index (χ1v) is 11.5. The van der Waals surface area contributed by atoms with Crippen molar-refractivity contribution in [1.29, 1.82) is 0 Å². The maximum atomic E-state index is 13.9. The zero-order valence-corrected chi connectivity index (χ0v) is 19.0. The van der Waals surface area contributed by atoms with Crippen LogP contribution in [0, 0.1) is 6.92 Å². The molecule has 0 N–H and O–H groups in total. The number of amides is 2. The number of anilines is 1. The van der Waals surface area contributed by atoms with Crippen molar-refractivity contribution in [3.8, 4) is 5.69 Å². The summed E-state index contributed by atoms with van der Waals surface area (Å²) in [7, 11) is 0. The van der Waals surface area contributed by atoms with Crippen LogP contribution in [0.4, 0.5) is 5.69 Å². The van der Waals surface area contributed by atoms with E-state index in [-0.39, 0.29) is 30.4 Å². The van der Waals surface area contributed by atoms with E-state index < -0.39 is 5.38 Å². The minimum Gasteiger partial charge on any atom is -0.329 e. The minimum atomic E-state index is -0.651. The van der Waals surface area contributed by atoms with E-state index in [1.54, 1.807) is 11.8 Å². The van der Waals surface area contributed by atoms with Crippen molar-refractivity contribution < 1.29 is 9.59 Å². The van der Waals surface area contributed by atoms with E-state index in [0.29, 0.717) is 0 Å². The third kappa shape index (κ3) is 3.61. The Labute approximate surface area is 193 Å². The normalized spacial score (nSPS) is 18.0. The van der Waals surface area contributed by atoms with Gasteiger partial charge in [0.1, 0.15) is 18.0 Å². The number of aryl methyl sites for hydroxylation is 1. The first-order valence-electron chi connectivity index (χ1n) is 11.1. The molecule has 2 aromatic carbocycles. The fourth-order valence-corrected chi connectivity index (χ4v) is 4.77. The van der Waals surface area contributed by atoms with Crippen LogP contribution in [0.15, 0.2) is 66.9 Å². The zero-order chi connectivity index (χ0) is 22.4. The Bertz CT molecular complexity index is 1180. The predicted octanol–water partition coefficient (Wildman–Crippen LogP) is 4.84. The predicted molar refractivity (Wildman–Crippen MR) is 126 cm³/mol. The smallest absolute Gasteiger partial charge is 0.247 e. The Morgan fingerprint density at radius 1 is 1.06 bits per heavy atom. The monoisotopic (exact) mass is 447 g/mol. The van der Waals surface area contributed by atoms with Crippen LogP contribution in [0.5, 0.6) is 0 Å². The van der Waals surface area contributed by atoms with Gasteiger partial charge in [-0.15, -0.1) is 11.6 Å². The molecule has 1 saturated carbocycles. The van der Waals surface area contributed by atoms with E-state index in [1.165, 1.54) is 0 Å². The molecule has 6 heteroatoms. The van der Waals surface area contributed by atoms with Crippen molar-refractivity contribution in [2.75, 3.05) is 11.4 Å². The van der Waals surface area contributed by atoms with E-state index in [9.17, 15) is 9.59 Å². The van der Waals surface area contributed by atoms with Crippen LogP contribution in [-0.4, -0.2) is 39.2 Å². The van der Waals surface area contributed by atoms with E-state index in [1.807, 2.05) is 47.5 Å². The number of carbonyl (C=O) groups is 2. The molecule has 2 atom stereocenters.